The fourth-order valence-electron chi connectivity index (χ4n) is 3.82. The second kappa shape index (κ2) is 10.0. The SMILES string of the molecule is CN=C(NCCc1cc(OC)ccc1OC)N1CCC(c2ccc(OC)cc2)C1. The average molecular weight is 398 g/mol. The van der Waals surface area contributed by atoms with Crippen LogP contribution >= 0.6 is 0 Å². The Bertz CT molecular complexity index is 821. The van der Waals surface area contributed by atoms with Crippen LogP contribution in [0.25, 0.3) is 0 Å². The van der Waals surface area contributed by atoms with Crippen LogP contribution in [0, 0.1) is 0 Å². The second-order valence-corrected chi connectivity index (χ2v) is 7.11. The zero-order valence-electron chi connectivity index (χ0n) is 17.8. The lowest BCUT2D eigenvalue weighted by Crippen LogP contribution is -2.40. The maximum atomic E-state index is 5.48. The van der Waals surface area contributed by atoms with Gasteiger partial charge >= 0.3 is 0 Å². The molecule has 0 aliphatic carbocycles. The lowest BCUT2D eigenvalue weighted by Gasteiger charge is -2.22. The fourth-order valence-corrected chi connectivity index (χ4v) is 3.82. The van der Waals surface area contributed by atoms with E-state index in [1.54, 1.807) is 21.3 Å². The van der Waals surface area contributed by atoms with E-state index in [2.05, 4.69) is 27.3 Å². The highest BCUT2D eigenvalue weighted by Gasteiger charge is 2.26. The minimum absolute atomic E-state index is 0.512. The Balaban J connectivity index is 1.56. The maximum Gasteiger partial charge on any atom is 0.193 e. The average Bonchev–Trinajstić information content (AvgIpc) is 3.26. The van der Waals surface area contributed by atoms with Gasteiger partial charge in [-0.3, -0.25) is 4.99 Å². The van der Waals surface area contributed by atoms with Crippen molar-refractivity contribution in [3.63, 3.8) is 0 Å². The van der Waals surface area contributed by atoms with Crippen LogP contribution in [0.1, 0.15) is 23.5 Å². The molecule has 1 aliphatic heterocycles. The van der Waals surface area contributed by atoms with Gasteiger partial charge in [-0.25, -0.2) is 0 Å². The van der Waals surface area contributed by atoms with Gasteiger partial charge in [-0.15, -0.1) is 0 Å². The molecule has 0 amide bonds. The Morgan fingerprint density at radius 1 is 1.03 bits per heavy atom. The number of methoxy groups -OCH3 is 3. The number of nitrogens with one attached hydrogen (secondary N) is 1. The van der Waals surface area contributed by atoms with Crippen molar-refractivity contribution in [1.82, 2.24) is 10.2 Å². The zero-order valence-corrected chi connectivity index (χ0v) is 17.8. The molecule has 1 fully saturated rings. The predicted molar refractivity (Wildman–Crippen MR) is 117 cm³/mol. The monoisotopic (exact) mass is 397 g/mol. The van der Waals surface area contributed by atoms with Crippen LogP contribution in [0.15, 0.2) is 47.5 Å². The Labute approximate surface area is 173 Å². The summed E-state index contributed by atoms with van der Waals surface area (Å²) in [6.45, 7) is 2.74. The summed E-state index contributed by atoms with van der Waals surface area (Å²) in [4.78, 5) is 6.82. The third kappa shape index (κ3) is 5.13. The minimum Gasteiger partial charge on any atom is -0.497 e. The predicted octanol–water partition coefficient (Wildman–Crippen LogP) is 3.32. The van der Waals surface area contributed by atoms with Crippen molar-refractivity contribution in [2.24, 2.45) is 4.99 Å². The first-order valence-electron chi connectivity index (χ1n) is 9.99. The molecule has 0 saturated carbocycles. The summed E-state index contributed by atoms with van der Waals surface area (Å²) in [5.74, 6) is 4.07. The van der Waals surface area contributed by atoms with Crippen LogP contribution in [0.5, 0.6) is 17.2 Å². The molecule has 0 aromatic heterocycles. The molecular formula is C23H31N3O3. The first kappa shape index (κ1) is 20.8. The summed E-state index contributed by atoms with van der Waals surface area (Å²) in [7, 11) is 6.91. The van der Waals surface area contributed by atoms with E-state index in [9.17, 15) is 0 Å². The van der Waals surface area contributed by atoms with Gasteiger partial charge in [0.05, 0.1) is 21.3 Å². The van der Waals surface area contributed by atoms with Crippen LogP contribution in [-0.2, 0) is 6.42 Å². The smallest absolute Gasteiger partial charge is 0.193 e. The molecule has 6 heteroatoms. The number of aliphatic imine (C=N–C) groups is 1. The third-order valence-electron chi connectivity index (χ3n) is 5.45. The molecule has 2 aromatic carbocycles. The van der Waals surface area contributed by atoms with Crippen LogP contribution in [-0.4, -0.2) is 58.9 Å². The first-order chi connectivity index (χ1) is 14.2. The normalized spacial score (nSPS) is 16.6. The highest BCUT2D eigenvalue weighted by molar-refractivity contribution is 5.80. The van der Waals surface area contributed by atoms with Gasteiger partial charge in [-0.05, 0) is 54.3 Å². The molecule has 2 aromatic rings. The number of nitrogens with zero attached hydrogens (tertiary/aromatic N) is 2. The van der Waals surface area contributed by atoms with Gasteiger partial charge in [0.25, 0.3) is 0 Å². The van der Waals surface area contributed by atoms with E-state index in [1.165, 1.54) is 5.56 Å². The summed E-state index contributed by atoms with van der Waals surface area (Å²) in [6, 6.07) is 14.3. The first-order valence-corrected chi connectivity index (χ1v) is 9.99. The van der Waals surface area contributed by atoms with Gasteiger partial charge in [0.15, 0.2) is 5.96 Å². The van der Waals surface area contributed by atoms with Crippen LogP contribution in [0.4, 0.5) is 0 Å². The molecule has 1 saturated heterocycles. The second-order valence-electron chi connectivity index (χ2n) is 7.11. The Kier molecular flexibility index (Phi) is 7.22. The van der Waals surface area contributed by atoms with Crippen LogP contribution in [0.3, 0.4) is 0 Å². The highest BCUT2D eigenvalue weighted by atomic mass is 16.5. The van der Waals surface area contributed by atoms with E-state index < -0.39 is 0 Å². The highest BCUT2D eigenvalue weighted by Crippen LogP contribution is 2.28. The number of ether oxygens (including phenoxy) is 3. The van der Waals surface area contributed by atoms with Crippen molar-refractivity contribution in [3.8, 4) is 17.2 Å². The number of hydrogen-bond donors (Lipinski definition) is 1. The Hall–Kier alpha value is -2.89. The number of hydrogen-bond acceptors (Lipinski definition) is 4. The van der Waals surface area contributed by atoms with E-state index in [4.69, 9.17) is 14.2 Å². The van der Waals surface area contributed by atoms with Gasteiger partial charge in [0, 0.05) is 32.6 Å². The molecule has 156 valence electrons. The summed E-state index contributed by atoms with van der Waals surface area (Å²) in [5.41, 5.74) is 2.47. The number of likely N-dealkylation sites (tertiary alicyclic amines) is 1. The van der Waals surface area contributed by atoms with E-state index in [0.717, 1.165) is 61.2 Å². The van der Waals surface area contributed by atoms with Crippen LogP contribution < -0.4 is 19.5 Å². The molecule has 1 atom stereocenters. The van der Waals surface area contributed by atoms with E-state index in [1.807, 2.05) is 37.4 Å². The number of rotatable bonds is 7. The molecule has 1 aliphatic rings. The summed E-state index contributed by atoms with van der Waals surface area (Å²) in [5, 5.41) is 3.50. The number of guanidine groups is 1. The van der Waals surface area contributed by atoms with Gasteiger partial charge in [-0.1, -0.05) is 12.1 Å². The van der Waals surface area contributed by atoms with Crippen LogP contribution in [0.2, 0.25) is 0 Å². The molecule has 1 N–H and O–H groups in total. The van der Waals surface area contributed by atoms with Crippen molar-refractivity contribution in [2.45, 2.75) is 18.8 Å². The zero-order chi connectivity index (χ0) is 20.6. The summed E-state index contributed by atoms with van der Waals surface area (Å²) < 4.78 is 16.1. The molecule has 1 heterocycles. The maximum absolute atomic E-state index is 5.48. The standard InChI is InChI=1S/C23H31N3O3/c1-24-23(25-13-11-18-15-21(28-3)9-10-22(18)29-4)26-14-12-19(16-26)17-5-7-20(27-2)8-6-17/h5-10,15,19H,11-14,16H2,1-4H3,(H,24,25). The fraction of sp³-hybridized carbons (Fsp3) is 0.435. The van der Waals surface area contributed by atoms with Gasteiger partial charge in [0.2, 0.25) is 0 Å². The Morgan fingerprint density at radius 2 is 1.76 bits per heavy atom. The van der Waals surface area contributed by atoms with Gasteiger partial charge in [0.1, 0.15) is 17.2 Å². The lowest BCUT2D eigenvalue weighted by atomic mass is 9.98. The third-order valence-corrected chi connectivity index (χ3v) is 5.45. The number of benzene rings is 2. The molecule has 0 radical (unpaired) electrons. The van der Waals surface area contributed by atoms with Gasteiger partial charge in [-0.2, -0.15) is 0 Å². The molecule has 0 bridgehead atoms. The Morgan fingerprint density at radius 3 is 2.41 bits per heavy atom. The molecule has 29 heavy (non-hydrogen) atoms. The van der Waals surface area contributed by atoms with Crippen molar-refractivity contribution >= 4 is 5.96 Å². The topological polar surface area (TPSA) is 55.3 Å². The molecule has 3 rings (SSSR count). The van der Waals surface area contributed by atoms with E-state index in [0.29, 0.717) is 5.92 Å². The quantitative estimate of drug-likeness (QED) is 0.574. The van der Waals surface area contributed by atoms with E-state index >= 15 is 0 Å². The minimum atomic E-state index is 0.512. The van der Waals surface area contributed by atoms with Crippen molar-refractivity contribution in [3.05, 3.63) is 53.6 Å². The molecular weight excluding hydrogens is 366 g/mol. The summed E-state index contributed by atoms with van der Waals surface area (Å²) >= 11 is 0. The van der Waals surface area contributed by atoms with Crippen molar-refractivity contribution in [2.75, 3.05) is 48.0 Å². The summed E-state index contributed by atoms with van der Waals surface area (Å²) in [6.07, 6.45) is 1.95. The van der Waals surface area contributed by atoms with E-state index in [-0.39, 0.29) is 0 Å². The van der Waals surface area contributed by atoms with Gasteiger partial charge < -0.3 is 24.4 Å². The molecule has 0 spiro atoms. The van der Waals surface area contributed by atoms with Crippen molar-refractivity contribution < 1.29 is 14.2 Å². The molecule has 6 nitrogen and oxygen atoms in total. The van der Waals surface area contributed by atoms with Crippen molar-refractivity contribution in [1.29, 1.82) is 0 Å². The molecule has 1 unspecified atom stereocenters. The largest absolute Gasteiger partial charge is 0.497 e. The lowest BCUT2D eigenvalue weighted by molar-refractivity contribution is 0.398.